The van der Waals surface area contributed by atoms with Crippen molar-refractivity contribution < 1.29 is 8.42 Å². The Kier molecular flexibility index (Phi) is 5.17. The lowest BCUT2D eigenvalue weighted by Gasteiger charge is -2.28. The zero-order valence-electron chi connectivity index (χ0n) is 12.5. The lowest BCUT2D eigenvalue weighted by molar-refractivity contribution is 0.303. The molecule has 0 saturated heterocycles. The van der Waals surface area contributed by atoms with E-state index >= 15 is 0 Å². The maximum atomic E-state index is 12.5. The van der Waals surface area contributed by atoms with Gasteiger partial charge in [0, 0.05) is 6.04 Å². The van der Waals surface area contributed by atoms with Gasteiger partial charge in [-0.25, -0.2) is 13.1 Å². The maximum absolute atomic E-state index is 12.5. The smallest absolute Gasteiger partial charge is 0.240 e. The Morgan fingerprint density at radius 1 is 1.29 bits per heavy atom. The summed E-state index contributed by atoms with van der Waals surface area (Å²) < 4.78 is 27.8. The minimum absolute atomic E-state index is 0.0625. The van der Waals surface area contributed by atoms with Crippen LogP contribution in [0, 0.1) is 12.8 Å². The second-order valence-corrected chi connectivity index (χ2v) is 8.04. The number of nitrogens with one attached hydrogen (secondary N) is 1. The molecule has 21 heavy (non-hydrogen) atoms. The molecule has 1 fully saturated rings. The average Bonchev–Trinajstić information content (AvgIpc) is 2.44. The van der Waals surface area contributed by atoms with Crippen molar-refractivity contribution in [2.45, 2.75) is 56.9 Å². The van der Waals surface area contributed by atoms with Crippen molar-refractivity contribution in [1.29, 1.82) is 0 Å². The highest BCUT2D eigenvalue weighted by atomic mass is 35.5. The Labute approximate surface area is 132 Å². The summed E-state index contributed by atoms with van der Waals surface area (Å²) in [5.41, 5.74) is 6.73. The lowest BCUT2D eigenvalue weighted by atomic mass is 9.85. The Balaban J connectivity index is 2.18. The van der Waals surface area contributed by atoms with Crippen LogP contribution in [0.5, 0.6) is 0 Å². The van der Waals surface area contributed by atoms with Crippen molar-refractivity contribution >= 4 is 27.3 Å². The van der Waals surface area contributed by atoms with E-state index in [0.717, 1.165) is 12.8 Å². The third-order valence-corrected chi connectivity index (χ3v) is 6.32. The van der Waals surface area contributed by atoms with Gasteiger partial charge in [-0.15, -0.1) is 0 Å². The zero-order valence-corrected chi connectivity index (χ0v) is 14.1. The SMILES string of the molecule is Cc1cc(S(=O)(=O)NC(C)C2CCCCC2)cc(N)c1Cl. The Bertz CT molecular complexity index is 587. The summed E-state index contributed by atoms with van der Waals surface area (Å²) in [5, 5.41) is 0.411. The molecule has 1 aromatic carbocycles. The molecule has 0 spiro atoms. The fourth-order valence-corrected chi connectivity index (χ4v) is 4.50. The van der Waals surface area contributed by atoms with E-state index in [0.29, 0.717) is 22.2 Å². The van der Waals surface area contributed by atoms with Crippen LogP contribution in [0.2, 0.25) is 5.02 Å². The minimum atomic E-state index is -3.56. The van der Waals surface area contributed by atoms with Gasteiger partial charge in [0.05, 0.1) is 15.6 Å². The van der Waals surface area contributed by atoms with Gasteiger partial charge < -0.3 is 5.73 Å². The monoisotopic (exact) mass is 330 g/mol. The molecule has 1 aliphatic rings. The van der Waals surface area contributed by atoms with Crippen molar-refractivity contribution in [3.63, 3.8) is 0 Å². The molecule has 0 radical (unpaired) electrons. The molecule has 0 aliphatic heterocycles. The van der Waals surface area contributed by atoms with Gasteiger partial charge in [0.1, 0.15) is 0 Å². The van der Waals surface area contributed by atoms with Crippen LogP contribution in [0.4, 0.5) is 5.69 Å². The van der Waals surface area contributed by atoms with Gasteiger partial charge in [-0.2, -0.15) is 0 Å². The second-order valence-electron chi connectivity index (χ2n) is 5.95. The first-order valence-corrected chi connectivity index (χ1v) is 9.25. The molecule has 4 nitrogen and oxygen atoms in total. The first-order chi connectivity index (χ1) is 9.81. The Morgan fingerprint density at radius 3 is 2.48 bits per heavy atom. The molecule has 0 bridgehead atoms. The van der Waals surface area contributed by atoms with Gasteiger partial charge >= 0.3 is 0 Å². The first kappa shape index (κ1) is 16.6. The fraction of sp³-hybridized carbons (Fsp3) is 0.600. The highest BCUT2D eigenvalue weighted by Gasteiger charge is 2.25. The molecule has 3 N–H and O–H groups in total. The van der Waals surface area contributed by atoms with E-state index in [1.165, 1.54) is 25.3 Å². The van der Waals surface area contributed by atoms with E-state index in [9.17, 15) is 8.42 Å². The van der Waals surface area contributed by atoms with E-state index in [2.05, 4.69) is 4.72 Å². The summed E-state index contributed by atoms with van der Waals surface area (Å²) in [5.74, 6) is 0.416. The van der Waals surface area contributed by atoms with Crippen molar-refractivity contribution in [3.8, 4) is 0 Å². The van der Waals surface area contributed by atoms with Gasteiger partial charge in [-0.3, -0.25) is 0 Å². The van der Waals surface area contributed by atoms with Gasteiger partial charge in [-0.05, 0) is 50.3 Å². The number of rotatable bonds is 4. The van der Waals surface area contributed by atoms with Crippen molar-refractivity contribution in [3.05, 3.63) is 22.7 Å². The van der Waals surface area contributed by atoms with Crippen LogP contribution in [0.25, 0.3) is 0 Å². The second kappa shape index (κ2) is 6.55. The third kappa shape index (κ3) is 3.90. The van der Waals surface area contributed by atoms with Crippen molar-refractivity contribution in [2.24, 2.45) is 5.92 Å². The molecule has 1 aliphatic carbocycles. The van der Waals surface area contributed by atoms with Crippen LogP contribution in [0.3, 0.4) is 0 Å². The number of hydrogen-bond acceptors (Lipinski definition) is 3. The van der Waals surface area contributed by atoms with Crippen LogP contribution in [0.15, 0.2) is 17.0 Å². The van der Waals surface area contributed by atoms with Gasteiger partial charge in [0.2, 0.25) is 10.0 Å². The van der Waals surface area contributed by atoms with E-state index in [1.807, 2.05) is 6.92 Å². The highest BCUT2D eigenvalue weighted by Crippen LogP contribution is 2.29. The number of hydrogen-bond donors (Lipinski definition) is 2. The topological polar surface area (TPSA) is 72.2 Å². The largest absolute Gasteiger partial charge is 0.397 e. The molecule has 1 atom stereocenters. The van der Waals surface area contributed by atoms with E-state index < -0.39 is 10.0 Å². The number of benzene rings is 1. The molecular formula is C15H23ClN2O2S. The summed E-state index contributed by atoms with van der Waals surface area (Å²) in [6, 6.07) is 2.92. The molecule has 6 heteroatoms. The first-order valence-electron chi connectivity index (χ1n) is 7.39. The number of halogens is 1. The van der Waals surface area contributed by atoms with Crippen LogP contribution < -0.4 is 10.5 Å². The third-order valence-electron chi connectivity index (χ3n) is 4.26. The fourth-order valence-electron chi connectivity index (χ4n) is 2.96. The van der Waals surface area contributed by atoms with E-state index in [-0.39, 0.29) is 10.9 Å². The molecule has 0 aromatic heterocycles. The summed E-state index contributed by atoms with van der Waals surface area (Å²) in [7, 11) is -3.56. The molecular weight excluding hydrogens is 308 g/mol. The van der Waals surface area contributed by atoms with E-state index in [4.69, 9.17) is 17.3 Å². The summed E-state index contributed by atoms with van der Waals surface area (Å²) in [6.07, 6.45) is 5.80. The molecule has 118 valence electrons. The number of nitrogens with two attached hydrogens (primary N) is 1. The maximum Gasteiger partial charge on any atom is 0.240 e. The summed E-state index contributed by atoms with van der Waals surface area (Å²) in [4.78, 5) is 0.185. The molecule has 2 rings (SSSR count). The molecule has 1 aromatic rings. The highest BCUT2D eigenvalue weighted by molar-refractivity contribution is 7.89. The van der Waals surface area contributed by atoms with Gasteiger partial charge in [0.25, 0.3) is 0 Å². The molecule has 0 heterocycles. The number of anilines is 1. The van der Waals surface area contributed by atoms with Gasteiger partial charge in [0.15, 0.2) is 0 Å². The number of nitrogen functional groups attached to an aromatic ring is 1. The summed E-state index contributed by atoms with van der Waals surface area (Å²) >= 11 is 5.99. The lowest BCUT2D eigenvalue weighted by Crippen LogP contribution is -2.38. The normalized spacial score (nSPS) is 18.6. The Hall–Kier alpha value is -0.780. The van der Waals surface area contributed by atoms with Crippen LogP contribution in [0.1, 0.15) is 44.6 Å². The standard InChI is InChI=1S/C15H23ClN2O2S/c1-10-8-13(9-14(17)15(10)16)21(19,20)18-11(2)12-6-4-3-5-7-12/h8-9,11-12,18H,3-7,17H2,1-2H3. The predicted octanol–water partition coefficient (Wildman–Crippen LogP) is 3.48. The van der Waals surface area contributed by atoms with Crippen molar-refractivity contribution in [2.75, 3.05) is 5.73 Å². The van der Waals surface area contributed by atoms with Crippen LogP contribution in [-0.4, -0.2) is 14.5 Å². The molecule has 0 amide bonds. The number of aryl methyl sites for hydroxylation is 1. The predicted molar refractivity (Wildman–Crippen MR) is 87.0 cm³/mol. The van der Waals surface area contributed by atoms with Crippen LogP contribution in [-0.2, 0) is 10.0 Å². The van der Waals surface area contributed by atoms with Crippen LogP contribution >= 0.6 is 11.6 Å². The Morgan fingerprint density at radius 2 is 1.90 bits per heavy atom. The molecule has 1 saturated carbocycles. The quantitative estimate of drug-likeness (QED) is 0.830. The zero-order chi connectivity index (χ0) is 15.6. The van der Waals surface area contributed by atoms with Crippen molar-refractivity contribution in [1.82, 2.24) is 4.72 Å². The summed E-state index contributed by atoms with van der Waals surface area (Å²) in [6.45, 7) is 3.70. The van der Waals surface area contributed by atoms with Gasteiger partial charge in [-0.1, -0.05) is 30.9 Å². The number of sulfonamides is 1. The van der Waals surface area contributed by atoms with E-state index in [1.54, 1.807) is 13.0 Å². The average molecular weight is 331 g/mol. The molecule has 1 unspecified atom stereocenters. The minimum Gasteiger partial charge on any atom is -0.397 e.